The van der Waals surface area contributed by atoms with E-state index in [0.29, 0.717) is 0 Å². The van der Waals surface area contributed by atoms with Crippen LogP contribution in [-0.2, 0) is 19.1 Å². The summed E-state index contributed by atoms with van der Waals surface area (Å²) >= 11 is 0. The Morgan fingerprint density at radius 2 is 1.96 bits per heavy atom. The molecule has 0 saturated carbocycles. The van der Waals surface area contributed by atoms with E-state index in [2.05, 4.69) is 22.2 Å². The van der Waals surface area contributed by atoms with E-state index in [0.717, 1.165) is 6.07 Å². The van der Waals surface area contributed by atoms with Crippen molar-refractivity contribution in [2.24, 2.45) is 5.73 Å². The highest BCUT2D eigenvalue weighted by atomic mass is 19.1. The van der Waals surface area contributed by atoms with E-state index in [-0.39, 0.29) is 12.2 Å². The van der Waals surface area contributed by atoms with Gasteiger partial charge in [0.05, 0.1) is 0 Å². The molecule has 0 aromatic heterocycles. The number of hydrogen-bond acceptors (Lipinski definition) is 4. The van der Waals surface area contributed by atoms with Crippen LogP contribution in [0.1, 0.15) is 19.3 Å². The second-order valence-electron chi connectivity index (χ2n) is 4.53. The lowest BCUT2D eigenvalue weighted by molar-refractivity contribution is -0.138. The molecule has 1 aliphatic carbocycles. The number of methoxy groups -OCH3 is 1. The van der Waals surface area contributed by atoms with Gasteiger partial charge < -0.3 is 20.9 Å². The third kappa shape index (κ3) is 9.31. The number of amides is 2. The van der Waals surface area contributed by atoms with Gasteiger partial charge in [0.1, 0.15) is 5.82 Å². The van der Waals surface area contributed by atoms with E-state index in [1.165, 1.54) is 44.6 Å². The highest BCUT2D eigenvalue weighted by Crippen LogP contribution is 2.09. The molecule has 0 fully saturated rings. The fraction of sp³-hybridized carbons (Fsp3) is 0.312. The first-order valence-corrected chi connectivity index (χ1v) is 7.07. The number of halogens is 1. The number of nitrogens with two attached hydrogens (primary N) is 1. The van der Waals surface area contributed by atoms with Gasteiger partial charge in [0.2, 0.25) is 6.10 Å². The number of nitrogens with one attached hydrogen (secondary N) is 1. The van der Waals surface area contributed by atoms with Crippen LogP contribution in [0.3, 0.4) is 0 Å². The number of allylic oxidation sites excluding steroid dienone is 2. The Bertz CT molecular complexity index is 557. The van der Waals surface area contributed by atoms with Crippen molar-refractivity contribution >= 4 is 24.0 Å². The van der Waals surface area contributed by atoms with Crippen molar-refractivity contribution in [2.45, 2.75) is 25.4 Å². The molecule has 24 heavy (non-hydrogen) atoms. The van der Waals surface area contributed by atoms with Crippen LogP contribution in [0.15, 0.2) is 36.4 Å². The van der Waals surface area contributed by atoms with Crippen LogP contribution in [0.4, 0.5) is 10.1 Å². The SMILES string of the molecule is C1=CCCC1.COC(C(N)=O)C(=O)Nc1cccc(F)c1.O=CO. The van der Waals surface area contributed by atoms with Crippen LogP contribution in [0, 0.1) is 5.82 Å². The maximum Gasteiger partial charge on any atom is 0.290 e. The normalized spacial score (nSPS) is 12.8. The summed E-state index contributed by atoms with van der Waals surface area (Å²) in [4.78, 5) is 30.6. The first-order chi connectivity index (χ1) is 11.5. The van der Waals surface area contributed by atoms with Crippen LogP contribution < -0.4 is 11.1 Å². The monoisotopic (exact) mass is 340 g/mol. The number of anilines is 1. The van der Waals surface area contributed by atoms with Crippen molar-refractivity contribution in [3.05, 3.63) is 42.2 Å². The maximum absolute atomic E-state index is 12.8. The van der Waals surface area contributed by atoms with Gasteiger partial charge in [-0.15, -0.1) is 0 Å². The quantitative estimate of drug-likeness (QED) is 0.438. The summed E-state index contributed by atoms with van der Waals surface area (Å²) in [5, 5.41) is 9.20. The maximum atomic E-state index is 12.8. The third-order valence-electron chi connectivity index (χ3n) is 2.73. The predicted octanol–water partition coefficient (Wildman–Crippen LogP) is 1.69. The van der Waals surface area contributed by atoms with Crippen molar-refractivity contribution in [1.82, 2.24) is 0 Å². The lowest BCUT2D eigenvalue weighted by Gasteiger charge is -2.11. The molecule has 0 radical (unpaired) electrons. The second-order valence-corrected chi connectivity index (χ2v) is 4.53. The summed E-state index contributed by atoms with van der Waals surface area (Å²) in [6.45, 7) is -0.250. The number of carbonyl (C=O) groups is 3. The first kappa shape index (κ1) is 21.3. The fourth-order valence-corrected chi connectivity index (χ4v) is 1.72. The van der Waals surface area contributed by atoms with Gasteiger partial charge in [0, 0.05) is 12.8 Å². The van der Waals surface area contributed by atoms with Gasteiger partial charge in [-0.25, -0.2) is 4.39 Å². The smallest absolute Gasteiger partial charge is 0.290 e. The summed E-state index contributed by atoms with van der Waals surface area (Å²) in [5.41, 5.74) is 5.16. The molecule has 0 heterocycles. The average molecular weight is 340 g/mol. The minimum absolute atomic E-state index is 0.230. The van der Waals surface area contributed by atoms with Crippen LogP contribution in [0.5, 0.6) is 0 Å². The number of carboxylic acid groups (broad SMARTS) is 1. The average Bonchev–Trinajstić information content (AvgIpc) is 3.07. The molecule has 2 amide bonds. The predicted molar refractivity (Wildman–Crippen MR) is 86.7 cm³/mol. The van der Waals surface area contributed by atoms with Crippen molar-refractivity contribution in [1.29, 1.82) is 0 Å². The largest absolute Gasteiger partial charge is 0.483 e. The number of rotatable bonds is 4. The Kier molecular flexibility index (Phi) is 11.3. The number of primary amides is 1. The minimum atomic E-state index is -1.39. The Balaban J connectivity index is 0.000000542. The van der Waals surface area contributed by atoms with Crippen LogP contribution in [0.2, 0.25) is 0 Å². The van der Waals surface area contributed by atoms with Gasteiger partial charge in [-0.2, -0.15) is 0 Å². The summed E-state index contributed by atoms with van der Waals surface area (Å²) in [6.07, 6.45) is 7.11. The van der Waals surface area contributed by atoms with Crippen molar-refractivity contribution in [2.75, 3.05) is 12.4 Å². The standard InChI is InChI=1S/C10H11FN2O3.C5H8.CH2O2/c1-16-8(9(12)14)10(15)13-7-4-2-3-6(11)5-7;1-2-4-5-3-1;2-1-3/h2-5,8H,1H3,(H2,12,14)(H,13,15);1-2H,3-5H2;1H,(H,2,3). The molecule has 7 nitrogen and oxygen atoms in total. The van der Waals surface area contributed by atoms with Gasteiger partial charge in [-0.3, -0.25) is 14.4 Å². The molecule has 1 atom stereocenters. The van der Waals surface area contributed by atoms with Gasteiger partial charge in [-0.05, 0) is 37.5 Å². The number of benzene rings is 1. The molecule has 0 spiro atoms. The zero-order valence-corrected chi connectivity index (χ0v) is 13.3. The summed E-state index contributed by atoms with van der Waals surface area (Å²) < 4.78 is 17.4. The topological polar surface area (TPSA) is 119 Å². The van der Waals surface area contributed by atoms with Gasteiger partial charge in [0.15, 0.2) is 0 Å². The first-order valence-electron chi connectivity index (χ1n) is 7.07. The number of carbonyl (C=O) groups excluding carboxylic acids is 2. The minimum Gasteiger partial charge on any atom is -0.483 e. The van der Waals surface area contributed by atoms with E-state index >= 15 is 0 Å². The third-order valence-corrected chi connectivity index (χ3v) is 2.73. The lowest BCUT2D eigenvalue weighted by Crippen LogP contribution is -2.40. The molecule has 4 N–H and O–H groups in total. The van der Waals surface area contributed by atoms with Gasteiger partial charge in [-0.1, -0.05) is 18.2 Å². The molecule has 8 heteroatoms. The van der Waals surface area contributed by atoms with Crippen molar-refractivity contribution in [3.63, 3.8) is 0 Å². The summed E-state index contributed by atoms with van der Waals surface area (Å²) in [5.74, 6) is -2.14. The zero-order valence-electron chi connectivity index (χ0n) is 13.3. The Morgan fingerprint density at radius 3 is 2.33 bits per heavy atom. The van der Waals surface area contributed by atoms with E-state index < -0.39 is 23.7 Å². The Labute approximate surface area is 139 Å². The van der Waals surface area contributed by atoms with Crippen LogP contribution in [0.25, 0.3) is 0 Å². The Hall–Kier alpha value is -2.74. The molecule has 1 aliphatic rings. The van der Waals surface area contributed by atoms with E-state index in [1.807, 2.05) is 0 Å². The molecular weight excluding hydrogens is 319 g/mol. The molecule has 1 unspecified atom stereocenters. The Morgan fingerprint density at radius 1 is 1.38 bits per heavy atom. The highest BCUT2D eigenvalue weighted by Gasteiger charge is 2.23. The molecular formula is C16H21FN2O5. The molecule has 132 valence electrons. The van der Waals surface area contributed by atoms with Gasteiger partial charge >= 0.3 is 0 Å². The van der Waals surface area contributed by atoms with Crippen molar-refractivity contribution in [3.8, 4) is 0 Å². The fourth-order valence-electron chi connectivity index (χ4n) is 1.72. The molecule has 0 saturated heterocycles. The molecule has 0 bridgehead atoms. The number of hydrogen-bond donors (Lipinski definition) is 3. The lowest BCUT2D eigenvalue weighted by atomic mass is 10.2. The van der Waals surface area contributed by atoms with Crippen molar-refractivity contribution < 1.29 is 28.6 Å². The zero-order chi connectivity index (χ0) is 18.4. The highest BCUT2D eigenvalue weighted by molar-refractivity contribution is 6.08. The molecule has 1 aromatic carbocycles. The molecule has 0 aliphatic heterocycles. The van der Waals surface area contributed by atoms with E-state index in [4.69, 9.17) is 15.6 Å². The summed E-state index contributed by atoms with van der Waals surface area (Å²) in [7, 11) is 1.18. The van der Waals surface area contributed by atoms with E-state index in [9.17, 15) is 14.0 Å². The second kappa shape index (κ2) is 12.8. The van der Waals surface area contributed by atoms with E-state index in [1.54, 1.807) is 0 Å². The van der Waals surface area contributed by atoms with Crippen LogP contribution in [-0.4, -0.2) is 36.6 Å². The molecule has 1 aromatic rings. The summed E-state index contributed by atoms with van der Waals surface area (Å²) in [6, 6.07) is 5.26. The molecule has 2 rings (SSSR count). The number of ether oxygens (including phenoxy) is 1. The van der Waals surface area contributed by atoms with Crippen LogP contribution >= 0.6 is 0 Å². The van der Waals surface area contributed by atoms with Gasteiger partial charge in [0.25, 0.3) is 18.3 Å².